The SMILES string of the molecule is CCOCCCN/C=C(/C#N)C(=O)Nc1ccccc1C(=O)OC. The zero-order valence-corrected chi connectivity index (χ0v) is 13.8. The smallest absolute Gasteiger partial charge is 0.339 e. The van der Waals surface area contributed by atoms with Gasteiger partial charge in [0.2, 0.25) is 0 Å². The summed E-state index contributed by atoms with van der Waals surface area (Å²) in [7, 11) is 1.26. The molecule has 0 bridgehead atoms. The van der Waals surface area contributed by atoms with Gasteiger partial charge in [-0.1, -0.05) is 12.1 Å². The quantitative estimate of drug-likeness (QED) is 0.310. The first-order valence-corrected chi connectivity index (χ1v) is 7.54. The zero-order valence-electron chi connectivity index (χ0n) is 13.8. The monoisotopic (exact) mass is 331 g/mol. The Morgan fingerprint density at radius 1 is 1.33 bits per heavy atom. The van der Waals surface area contributed by atoms with Crippen LogP contribution in [0.2, 0.25) is 0 Å². The van der Waals surface area contributed by atoms with Crippen LogP contribution in [0.1, 0.15) is 23.7 Å². The number of hydrogen-bond acceptors (Lipinski definition) is 6. The van der Waals surface area contributed by atoms with E-state index in [9.17, 15) is 9.59 Å². The van der Waals surface area contributed by atoms with Crippen LogP contribution in [0, 0.1) is 11.3 Å². The number of para-hydroxylation sites is 1. The van der Waals surface area contributed by atoms with Crippen LogP contribution < -0.4 is 10.6 Å². The lowest BCUT2D eigenvalue weighted by molar-refractivity contribution is -0.112. The van der Waals surface area contributed by atoms with E-state index in [0.717, 1.165) is 6.42 Å². The molecule has 24 heavy (non-hydrogen) atoms. The summed E-state index contributed by atoms with van der Waals surface area (Å²) >= 11 is 0. The average molecular weight is 331 g/mol. The number of rotatable bonds is 9. The zero-order chi connectivity index (χ0) is 17.8. The number of carbonyl (C=O) groups is 2. The summed E-state index contributed by atoms with van der Waals surface area (Å²) in [4.78, 5) is 23.8. The number of ether oxygens (including phenoxy) is 2. The maximum Gasteiger partial charge on any atom is 0.339 e. The minimum absolute atomic E-state index is 0.0916. The molecule has 7 heteroatoms. The maximum absolute atomic E-state index is 12.2. The van der Waals surface area contributed by atoms with Crippen molar-refractivity contribution in [3.63, 3.8) is 0 Å². The third kappa shape index (κ3) is 6.10. The predicted molar refractivity (Wildman–Crippen MR) is 89.2 cm³/mol. The Morgan fingerprint density at radius 3 is 2.75 bits per heavy atom. The first-order valence-electron chi connectivity index (χ1n) is 7.54. The molecule has 0 aliphatic heterocycles. The molecule has 128 valence electrons. The average Bonchev–Trinajstić information content (AvgIpc) is 2.60. The van der Waals surface area contributed by atoms with Crippen LogP contribution in [0.4, 0.5) is 5.69 Å². The van der Waals surface area contributed by atoms with Crippen molar-refractivity contribution >= 4 is 17.6 Å². The number of nitrogens with one attached hydrogen (secondary N) is 2. The summed E-state index contributed by atoms with van der Waals surface area (Å²) in [6, 6.07) is 8.25. The highest BCUT2D eigenvalue weighted by Crippen LogP contribution is 2.16. The van der Waals surface area contributed by atoms with Gasteiger partial charge in [-0.25, -0.2) is 4.79 Å². The Morgan fingerprint density at radius 2 is 2.08 bits per heavy atom. The summed E-state index contributed by atoms with van der Waals surface area (Å²) in [6.07, 6.45) is 2.11. The van der Waals surface area contributed by atoms with E-state index < -0.39 is 11.9 Å². The summed E-state index contributed by atoms with van der Waals surface area (Å²) < 4.78 is 9.85. The van der Waals surface area contributed by atoms with Crippen molar-refractivity contribution in [2.75, 3.05) is 32.2 Å². The molecule has 0 aromatic heterocycles. The number of hydrogen-bond donors (Lipinski definition) is 2. The van der Waals surface area contributed by atoms with E-state index in [4.69, 9.17) is 10.00 Å². The predicted octanol–water partition coefficient (Wildman–Crippen LogP) is 1.84. The van der Waals surface area contributed by atoms with Crippen molar-refractivity contribution in [3.05, 3.63) is 41.6 Å². The van der Waals surface area contributed by atoms with Crippen LogP contribution >= 0.6 is 0 Å². The Balaban J connectivity index is 2.68. The molecule has 1 amide bonds. The van der Waals surface area contributed by atoms with E-state index >= 15 is 0 Å². The molecule has 0 saturated heterocycles. The van der Waals surface area contributed by atoms with Gasteiger partial charge in [0.1, 0.15) is 11.6 Å². The number of nitrogens with zero attached hydrogens (tertiary/aromatic N) is 1. The summed E-state index contributed by atoms with van der Waals surface area (Å²) in [5.41, 5.74) is 0.410. The fourth-order valence-electron chi connectivity index (χ4n) is 1.81. The molecule has 1 rings (SSSR count). The second-order valence-electron chi connectivity index (χ2n) is 4.67. The minimum Gasteiger partial charge on any atom is -0.465 e. The van der Waals surface area contributed by atoms with Gasteiger partial charge in [-0.05, 0) is 25.5 Å². The number of benzene rings is 1. The molecule has 1 aromatic carbocycles. The number of carbonyl (C=O) groups excluding carboxylic acids is 2. The summed E-state index contributed by atoms with van der Waals surface area (Å²) in [6.45, 7) is 3.76. The fourth-order valence-corrected chi connectivity index (χ4v) is 1.81. The number of nitriles is 1. The van der Waals surface area contributed by atoms with Gasteiger partial charge in [-0.15, -0.1) is 0 Å². The van der Waals surface area contributed by atoms with Gasteiger partial charge in [-0.3, -0.25) is 4.79 Å². The topological polar surface area (TPSA) is 100 Å². The van der Waals surface area contributed by atoms with Crippen molar-refractivity contribution < 1.29 is 19.1 Å². The van der Waals surface area contributed by atoms with Crippen molar-refractivity contribution in [2.24, 2.45) is 0 Å². The molecular formula is C17H21N3O4. The summed E-state index contributed by atoms with van der Waals surface area (Å²) in [5.74, 6) is -1.17. The number of methoxy groups -OCH3 is 1. The lowest BCUT2D eigenvalue weighted by Gasteiger charge is -2.09. The normalized spacial score (nSPS) is 10.6. The van der Waals surface area contributed by atoms with E-state index in [1.165, 1.54) is 19.4 Å². The number of esters is 1. The Labute approximate surface area is 141 Å². The number of amides is 1. The van der Waals surface area contributed by atoms with Gasteiger partial charge in [-0.2, -0.15) is 5.26 Å². The van der Waals surface area contributed by atoms with E-state index in [-0.39, 0.29) is 16.8 Å². The Hall–Kier alpha value is -2.85. The van der Waals surface area contributed by atoms with Crippen LogP contribution in [-0.4, -0.2) is 38.7 Å². The van der Waals surface area contributed by atoms with Crippen molar-refractivity contribution in [1.29, 1.82) is 5.26 Å². The van der Waals surface area contributed by atoms with Gasteiger partial charge in [0.15, 0.2) is 0 Å². The first-order chi connectivity index (χ1) is 11.6. The molecule has 2 N–H and O–H groups in total. The largest absolute Gasteiger partial charge is 0.465 e. The Kier molecular flexibility index (Phi) is 8.64. The molecule has 0 unspecified atom stereocenters. The highest BCUT2D eigenvalue weighted by Gasteiger charge is 2.15. The first kappa shape index (κ1) is 19.2. The van der Waals surface area contributed by atoms with E-state index in [2.05, 4.69) is 15.4 Å². The molecule has 1 aromatic rings. The molecule has 0 aliphatic carbocycles. The molecule has 0 heterocycles. The van der Waals surface area contributed by atoms with Crippen LogP contribution in [0.5, 0.6) is 0 Å². The lowest BCUT2D eigenvalue weighted by atomic mass is 10.1. The van der Waals surface area contributed by atoms with Gasteiger partial charge < -0.3 is 20.1 Å². The molecule has 0 radical (unpaired) electrons. The highest BCUT2D eigenvalue weighted by molar-refractivity contribution is 6.09. The molecule has 0 fully saturated rings. The molecule has 0 atom stereocenters. The van der Waals surface area contributed by atoms with Crippen molar-refractivity contribution in [3.8, 4) is 6.07 Å². The van der Waals surface area contributed by atoms with E-state index in [1.54, 1.807) is 18.2 Å². The van der Waals surface area contributed by atoms with Crippen molar-refractivity contribution in [1.82, 2.24) is 5.32 Å². The van der Waals surface area contributed by atoms with Gasteiger partial charge in [0, 0.05) is 26.0 Å². The minimum atomic E-state index is -0.605. The fraction of sp³-hybridized carbons (Fsp3) is 0.353. The van der Waals surface area contributed by atoms with Crippen LogP contribution in [0.3, 0.4) is 0 Å². The lowest BCUT2D eigenvalue weighted by Crippen LogP contribution is -2.19. The van der Waals surface area contributed by atoms with Crippen LogP contribution in [0.15, 0.2) is 36.0 Å². The number of anilines is 1. The van der Waals surface area contributed by atoms with Gasteiger partial charge >= 0.3 is 5.97 Å². The Bertz CT molecular complexity index is 635. The van der Waals surface area contributed by atoms with E-state index in [1.807, 2.05) is 13.0 Å². The highest BCUT2D eigenvalue weighted by atomic mass is 16.5. The van der Waals surface area contributed by atoms with Gasteiger partial charge in [0.05, 0.1) is 18.4 Å². The molecule has 7 nitrogen and oxygen atoms in total. The van der Waals surface area contributed by atoms with Crippen LogP contribution in [0.25, 0.3) is 0 Å². The third-order valence-electron chi connectivity index (χ3n) is 3.01. The van der Waals surface area contributed by atoms with Crippen molar-refractivity contribution in [2.45, 2.75) is 13.3 Å². The molecule has 0 spiro atoms. The molecule has 0 aliphatic rings. The van der Waals surface area contributed by atoms with Gasteiger partial charge in [0.25, 0.3) is 5.91 Å². The standard InChI is InChI=1S/C17H21N3O4/c1-3-24-10-6-9-19-12-13(11-18)16(21)20-15-8-5-4-7-14(15)17(22)23-2/h4-5,7-8,12,19H,3,6,9-10H2,1-2H3,(H,20,21)/b13-12-. The van der Waals surface area contributed by atoms with E-state index in [0.29, 0.717) is 19.8 Å². The third-order valence-corrected chi connectivity index (χ3v) is 3.01. The van der Waals surface area contributed by atoms with Crippen LogP contribution in [-0.2, 0) is 14.3 Å². The molecular weight excluding hydrogens is 310 g/mol. The maximum atomic E-state index is 12.2. The second-order valence-corrected chi connectivity index (χ2v) is 4.67. The second kappa shape index (κ2) is 10.8. The molecule has 0 saturated carbocycles. The summed E-state index contributed by atoms with van der Waals surface area (Å²) in [5, 5.41) is 14.5.